The number of ketones is 1. The summed E-state index contributed by atoms with van der Waals surface area (Å²) in [5.74, 6) is 1.25. The van der Waals surface area contributed by atoms with E-state index in [4.69, 9.17) is 10.5 Å². The third-order valence-electron chi connectivity index (χ3n) is 4.83. The van der Waals surface area contributed by atoms with Crippen LogP contribution in [-0.4, -0.2) is 30.4 Å². The quantitative estimate of drug-likeness (QED) is 0.860. The molecule has 3 unspecified atom stereocenters. The first-order chi connectivity index (χ1) is 9.65. The molecule has 20 heavy (non-hydrogen) atoms. The second-order valence-electron chi connectivity index (χ2n) is 5.78. The molecule has 2 saturated heterocycles. The van der Waals surface area contributed by atoms with Crippen LogP contribution in [0.25, 0.3) is 0 Å². The second kappa shape index (κ2) is 5.09. The normalized spacial score (nSPS) is 29.7. The number of benzene rings is 1. The number of Topliss-reactive ketones (excluding diaryl/α,β-unsaturated/α-hetero) is 1. The monoisotopic (exact) mass is 274 g/mol. The maximum Gasteiger partial charge on any atom is 0.141 e. The Labute approximate surface area is 119 Å². The van der Waals surface area contributed by atoms with Gasteiger partial charge in [-0.2, -0.15) is 0 Å². The molecule has 108 valence electrons. The minimum atomic E-state index is 0.132. The number of hydrogen-bond acceptors (Lipinski definition) is 4. The molecule has 4 heteroatoms. The van der Waals surface area contributed by atoms with Crippen LogP contribution in [0.3, 0.4) is 0 Å². The van der Waals surface area contributed by atoms with Crippen molar-refractivity contribution in [2.24, 2.45) is 5.92 Å². The smallest absolute Gasteiger partial charge is 0.141 e. The van der Waals surface area contributed by atoms with Gasteiger partial charge in [0, 0.05) is 24.4 Å². The van der Waals surface area contributed by atoms with Crippen molar-refractivity contribution in [2.45, 2.75) is 38.3 Å². The maximum atomic E-state index is 12.2. The molecule has 0 spiro atoms. The van der Waals surface area contributed by atoms with Crippen LogP contribution >= 0.6 is 0 Å². The van der Waals surface area contributed by atoms with Gasteiger partial charge in [0.1, 0.15) is 11.5 Å². The van der Waals surface area contributed by atoms with Crippen molar-refractivity contribution >= 4 is 11.5 Å². The molecule has 0 aromatic heterocycles. The van der Waals surface area contributed by atoms with Gasteiger partial charge in [0.25, 0.3) is 0 Å². The number of nitrogen functional groups attached to an aromatic ring is 1. The first-order valence-corrected chi connectivity index (χ1v) is 7.37. The molecule has 0 amide bonds. The van der Waals surface area contributed by atoms with E-state index < -0.39 is 0 Å². The lowest BCUT2D eigenvalue weighted by atomic mass is 9.71. The van der Waals surface area contributed by atoms with Crippen molar-refractivity contribution in [3.05, 3.63) is 23.8 Å². The van der Waals surface area contributed by atoms with Crippen LogP contribution in [-0.2, 0) is 4.79 Å². The zero-order chi connectivity index (χ0) is 14.3. The molecule has 1 saturated carbocycles. The number of anilines is 1. The molecule has 4 nitrogen and oxygen atoms in total. The number of piperidine rings is 2. The van der Waals surface area contributed by atoms with Crippen molar-refractivity contribution in [3.63, 3.8) is 0 Å². The minimum absolute atomic E-state index is 0.132. The first kappa shape index (κ1) is 13.4. The highest BCUT2D eigenvalue weighted by molar-refractivity contribution is 5.84. The molecule has 1 aliphatic carbocycles. The number of methoxy groups -OCH3 is 1. The van der Waals surface area contributed by atoms with Gasteiger partial charge in [-0.3, -0.25) is 9.69 Å². The lowest BCUT2D eigenvalue weighted by molar-refractivity contribution is -0.137. The van der Waals surface area contributed by atoms with Gasteiger partial charge >= 0.3 is 0 Å². The maximum absolute atomic E-state index is 12.2. The molecule has 3 atom stereocenters. The number of carbonyl (C=O) groups is 1. The summed E-state index contributed by atoms with van der Waals surface area (Å²) in [6, 6.07) is 6.53. The molecule has 1 aromatic rings. The molecule has 3 fully saturated rings. The fourth-order valence-electron chi connectivity index (χ4n) is 3.91. The molecule has 0 radical (unpaired) electrons. The van der Waals surface area contributed by atoms with Crippen molar-refractivity contribution in [1.29, 1.82) is 0 Å². The highest BCUT2D eigenvalue weighted by atomic mass is 16.5. The van der Waals surface area contributed by atoms with Crippen molar-refractivity contribution in [1.82, 2.24) is 4.90 Å². The number of nitrogens with two attached hydrogens (primary N) is 1. The Bertz CT molecular complexity index is 529. The molecular formula is C16H22N2O2. The highest BCUT2D eigenvalue weighted by Crippen LogP contribution is 2.46. The number of nitrogens with zero attached hydrogens (tertiary/aromatic N) is 1. The number of ether oxygens (including phenoxy) is 1. The zero-order valence-electron chi connectivity index (χ0n) is 12.1. The topological polar surface area (TPSA) is 55.6 Å². The van der Waals surface area contributed by atoms with E-state index in [1.807, 2.05) is 12.1 Å². The van der Waals surface area contributed by atoms with Gasteiger partial charge in [-0.05, 0) is 37.1 Å². The predicted octanol–water partition coefficient (Wildman–Crippen LogP) is 2.39. The Balaban J connectivity index is 1.98. The third kappa shape index (κ3) is 1.99. The third-order valence-corrected chi connectivity index (χ3v) is 4.83. The lowest BCUT2D eigenvalue weighted by Gasteiger charge is -2.50. The van der Waals surface area contributed by atoms with Crippen molar-refractivity contribution in [2.75, 3.05) is 19.4 Å². The van der Waals surface area contributed by atoms with Gasteiger partial charge in [0.15, 0.2) is 0 Å². The second-order valence-corrected chi connectivity index (χ2v) is 5.78. The van der Waals surface area contributed by atoms with Crippen LogP contribution in [0.15, 0.2) is 18.2 Å². The van der Waals surface area contributed by atoms with Crippen molar-refractivity contribution in [3.8, 4) is 5.75 Å². The Kier molecular flexibility index (Phi) is 3.42. The van der Waals surface area contributed by atoms with Gasteiger partial charge < -0.3 is 10.5 Å². The van der Waals surface area contributed by atoms with Gasteiger partial charge in [-0.1, -0.05) is 13.0 Å². The molecular weight excluding hydrogens is 252 g/mol. The summed E-state index contributed by atoms with van der Waals surface area (Å²) < 4.78 is 5.22. The molecule has 2 aliphatic heterocycles. The van der Waals surface area contributed by atoms with Crippen LogP contribution < -0.4 is 10.5 Å². The van der Waals surface area contributed by atoms with E-state index in [1.165, 1.54) is 0 Å². The average molecular weight is 274 g/mol. The van der Waals surface area contributed by atoms with Crippen molar-refractivity contribution < 1.29 is 9.53 Å². The first-order valence-electron chi connectivity index (χ1n) is 7.37. The van der Waals surface area contributed by atoms with E-state index in [0.29, 0.717) is 23.3 Å². The van der Waals surface area contributed by atoms with Crippen LogP contribution in [0.1, 0.15) is 37.8 Å². The van der Waals surface area contributed by atoms with E-state index in [2.05, 4.69) is 17.9 Å². The molecule has 2 bridgehead atoms. The summed E-state index contributed by atoms with van der Waals surface area (Å²) in [6.07, 6.45) is 2.88. The van der Waals surface area contributed by atoms with Gasteiger partial charge in [0.05, 0.1) is 12.8 Å². The Morgan fingerprint density at radius 2 is 2.20 bits per heavy atom. The Morgan fingerprint density at radius 1 is 1.40 bits per heavy atom. The SMILES string of the molecule is CCN1C2CCC(C(=O)C2)C1c1ccc(OC)c(N)c1. The summed E-state index contributed by atoms with van der Waals surface area (Å²) in [5.41, 5.74) is 7.82. The Morgan fingerprint density at radius 3 is 2.80 bits per heavy atom. The number of fused-ring (bicyclic) bond motifs is 3. The molecule has 1 aromatic carbocycles. The van der Waals surface area contributed by atoms with Gasteiger partial charge in [-0.25, -0.2) is 0 Å². The summed E-state index contributed by atoms with van der Waals surface area (Å²) >= 11 is 0. The van der Waals surface area contributed by atoms with E-state index in [9.17, 15) is 4.79 Å². The van der Waals surface area contributed by atoms with Crippen LogP contribution in [0.5, 0.6) is 5.75 Å². The summed E-state index contributed by atoms with van der Waals surface area (Å²) in [4.78, 5) is 14.7. The average Bonchev–Trinajstić information content (AvgIpc) is 2.46. The number of hydrogen-bond donors (Lipinski definition) is 1. The predicted molar refractivity (Wildman–Crippen MR) is 78.7 cm³/mol. The molecule has 2 N–H and O–H groups in total. The fourth-order valence-corrected chi connectivity index (χ4v) is 3.91. The number of rotatable bonds is 3. The summed E-state index contributed by atoms with van der Waals surface area (Å²) in [7, 11) is 1.62. The van der Waals surface area contributed by atoms with E-state index in [-0.39, 0.29) is 12.0 Å². The molecule has 2 heterocycles. The van der Waals surface area contributed by atoms with E-state index in [1.54, 1.807) is 7.11 Å². The van der Waals surface area contributed by atoms with Gasteiger partial charge in [-0.15, -0.1) is 0 Å². The minimum Gasteiger partial charge on any atom is -0.495 e. The standard InChI is InChI=1S/C16H22N2O2/c1-3-18-11-5-6-12(14(19)9-11)16(18)10-4-7-15(20-2)13(17)8-10/h4,7-8,11-12,16H,3,5-6,9,17H2,1-2H3. The highest BCUT2D eigenvalue weighted by Gasteiger charge is 2.46. The summed E-state index contributed by atoms with van der Waals surface area (Å²) in [5, 5.41) is 0. The van der Waals surface area contributed by atoms with Crippen LogP contribution in [0.2, 0.25) is 0 Å². The molecule has 3 aliphatic rings. The zero-order valence-corrected chi connectivity index (χ0v) is 12.1. The van der Waals surface area contributed by atoms with Crippen LogP contribution in [0.4, 0.5) is 5.69 Å². The summed E-state index contributed by atoms with van der Waals surface area (Å²) in [6.45, 7) is 3.15. The van der Waals surface area contributed by atoms with Crippen LogP contribution in [0, 0.1) is 5.92 Å². The van der Waals surface area contributed by atoms with E-state index in [0.717, 1.165) is 31.4 Å². The number of carbonyl (C=O) groups excluding carboxylic acids is 1. The van der Waals surface area contributed by atoms with E-state index >= 15 is 0 Å². The fraction of sp³-hybridized carbons (Fsp3) is 0.562. The molecule has 4 rings (SSSR count). The lowest BCUT2D eigenvalue weighted by Crippen LogP contribution is -2.54. The Hall–Kier alpha value is -1.55. The largest absolute Gasteiger partial charge is 0.495 e. The van der Waals surface area contributed by atoms with Gasteiger partial charge in [0.2, 0.25) is 0 Å².